The van der Waals surface area contributed by atoms with Gasteiger partial charge in [-0.1, -0.05) is 11.6 Å². The van der Waals surface area contributed by atoms with Gasteiger partial charge in [0.15, 0.2) is 6.61 Å². The molecule has 0 saturated carbocycles. The second-order valence-corrected chi connectivity index (χ2v) is 7.48. The van der Waals surface area contributed by atoms with E-state index in [-0.39, 0.29) is 24.5 Å². The first-order chi connectivity index (χ1) is 11.8. The van der Waals surface area contributed by atoms with Crippen LogP contribution in [0.1, 0.15) is 30.9 Å². The minimum atomic E-state index is -0.508. The molecule has 25 heavy (non-hydrogen) atoms. The Labute approximate surface area is 158 Å². The molecule has 7 heteroatoms. The van der Waals surface area contributed by atoms with Gasteiger partial charge in [-0.3, -0.25) is 9.59 Å². The summed E-state index contributed by atoms with van der Waals surface area (Å²) in [5.41, 5.74) is 1.84. The molecule has 0 aromatic heterocycles. The predicted octanol–water partition coefficient (Wildman–Crippen LogP) is 3.07. The van der Waals surface area contributed by atoms with Gasteiger partial charge in [0, 0.05) is 24.2 Å². The highest BCUT2D eigenvalue weighted by atomic mass is 35.5. The maximum atomic E-state index is 12.1. The van der Waals surface area contributed by atoms with E-state index in [1.54, 1.807) is 11.8 Å². The first-order valence-electron chi connectivity index (χ1n) is 8.39. The number of piperidine rings is 1. The number of carbonyl (C=O) groups excluding carboxylic acids is 2. The van der Waals surface area contributed by atoms with Crippen LogP contribution in [-0.2, 0) is 9.59 Å². The van der Waals surface area contributed by atoms with Crippen LogP contribution in [0.4, 0.5) is 0 Å². The zero-order valence-corrected chi connectivity index (χ0v) is 16.3. The number of nitrogens with zero attached hydrogens (tertiary/aromatic N) is 1. The number of rotatable bonds is 5. The molecular formula is C18H24Cl2N2O3. The van der Waals surface area contributed by atoms with Crippen molar-refractivity contribution in [2.45, 2.75) is 45.0 Å². The molecule has 138 valence electrons. The number of aryl methyl sites for hydroxylation is 2. The van der Waals surface area contributed by atoms with Crippen LogP contribution in [0.5, 0.6) is 5.75 Å². The fourth-order valence-electron chi connectivity index (χ4n) is 2.90. The molecule has 1 heterocycles. The van der Waals surface area contributed by atoms with Crippen molar-refractivity contribution in [2.75, 3.05) is 19.7 Å². The molecule has 0 spiro atoms. The number of halogens is 2. The minimum Gasteiger partial charge on any atom is -0.484 e. The molecule has 1 aromatic rings. The summed E-state index contributed by atoms with van der Waals surface area (Å²) in [6.45, 7) is 6.65. The van der Waals surface area contributed by atoms with E-state index in [0.29, 0.717) is 23.9 Å². The van der Waals surface area contributed by atoms with Crippen molar-refractivity contribution in [2.24, 2.45) is 0 Å². The highest BCUT2D eigenvalue weighted by molar-refractivity contribution is 6.32. The number of benzene rings is 1. The van der Waals surface area contributed by atoms with Crippen molar-refractivity contribution in [3.05, 3.63) is 28.3 Å². The Morgan fingerprint density at radius 1 is 1.28 bits per heavy atom. The van der Waals surface area contributed by atoms with Crippen LogP contribution in [-0.4, -0.2) is 47.8 Å². The molecular weight excluding hydrogens is 363 g/mol. The quantitative estimate of drug-likeness (QED) is 0.790. The molecule has 0 aliphatic carbocycles. The van der Waals surface area contributed by atoms with Gasteiger partial charge in [-0.15, -0.1) is 11.6 Å². The van der Waals surface area contributed by atoms with E-state index in [1.165, 1.54) is 0 Å². The standard InChI is InChI=1S/C18H24Cl2N2O3/c1-11-8-15(9-12(2)17(11)20)25-10-16(23)21-14-4-6-22(7-5-14)18(24)13(3)19/h8-9,13-14H,4-7,10H2,1-3H3,(H,21,23). The molecule has 1 aliphatic rings. The molecule has 5 nitrogen and oxygen atoms in total. The van der Waals surface area contributed by atoms with E-state index in [0.717, 1.165) is 24.0 Å². The third-order valence-corrected chi connectivity index (χ3v) is 5.07. The summed E-state index contributed by atoms with van der Waals surface area (Å²) in [5.74, 6) is 0.412. The second-order valence-electron chi connectivity index (χ2n) is 6.44. The third-order valence-electron chi connectivity index (χ3n) is 4.29. The average Bonchev–Trinajstić information content (AvgIpc) is 2.57. The van der Waals surface area contributed by atoms with Gasteiger partial charge in [0.2, 0.25) is 5.91 Å². The Hall–Kier alpha value is -1.46. The fourth-order valence-corrected chi connectivity index (χ4v) is 3.15. The van der Waals surface area contributed by atoms with Crippen LogP contribution in [0, 0.1) is 13.8 Å². The summed E-state index contributed by atoms with van der Waals surface area (Å²) in [4.78, 5) is 25.7. The van der Waals surface area contributed by atoms with Gasteiger partial charge < -0.3 is 15.0 Å². The monoisotopic (exact) mass is 386 g/mol. The van der Waals surface area contributed by atoms with Crippen molar-refractivity contribution in [3.63, 3.8) is 0 Å². The maximum Gasteiger partial charge on any atom is 0.258 e. The number of hydrogen-bond donors (Lipinski definition) is 1. The van der Waals surface area contributed by atoms with Crippen LogP contribution in [0.25, 0.3) is 0 Å². The van der Waals surface area contributed by atoms with Crippen molar-refractivity contribution >= 4 is 35.0 Å². The number of alkyl halides is 1. The Morgan fingerprint density at radius 3 is 2.36 bits per heavy atom. The zero-order valence-electron chi connectivity index (χ0n) is 14.8. The van der Waals surface area contributed by atoms with Gasteiger partial charge in [-0.2, -0.15) is 0 Å². The van der Waals surface area contributed by atoms with E-state index < -0.39 is 5.38 Å². The van der Waals surface area contributed by atoms with Gasteiger partial charge in [-0.25, -0.2) is 0 Å². The van der Waals surface area contributed by atoms with Gasteiger partial charge >= 0.3 is 0 Å². The summed E-state index contributed by atoms with van der Waals surface area (Å²) < 4.78 is 5.56. The van der Waals surface area contributed by atoms with Crippen LogP contribution in [0.3, 0.4) is 0 Å². The van der Waals surface area contributed by atoms with Crippen LogP contribution in [0.15, 0.2) is 12.1 Å². The summed E-state index contributed by atoms with van der Waals surface area (Å²) in [6, 6.07) is 3.69. The van der Waals surface area contributed by atoms with E-state index >= 15 is 0 Å². The smallest absolute Gasteiger partial charge is 0.258 e. The van der Waals surface area contributed by atoms with E-state index in [2.05, 4.69) is 5.32 Å². The maximum absolute atomic E-state index is 12.1. The number of hydrogen-bond acceptors (Lipinski definition) is 3. The van der Waals surface area contributed by atoms with Crippen LogP contribution < -0.4 is 10.1 Å². The molecule has 1 aromatic carbocycles. The van der Waals surface area contributed by atoms with Gasteiger partial charge in [0.25, 0.3) is 5.91 Å². The lowest BCUT2D eigenvalue weighted by molar-refractivity contribution is -0.131. The van der Waals surface area contributed by atoms with Gasteiger partial charge in [-0.05, 0) is 56.9 Å². The lowest BCUT2D eigenvalue weighted by Gasteiger charge is -2.33. The molecule has 2 rings (SSSR count). The molecule has 1 aliphatic heterocycles. The normalized spacial score (nSPS) is 16.4. The summed E-state index contributed by atoms with van der Waals surface area (Å²) in [5, 5.41) is 3.16. The van der Waals surface area contributed by atoms with Gasteiger partial charge in [0.1, 0.15) is 11.1 Å². The zero-order chi connectivity index (χ0) is 18.6. The Bertz CT molecular complexity index is 618. The third kappa shape index (κ3) is 5.51. The number of likely N-dealkylation sites (tertiary alicyclic amines) is 1. The molecule has 1 fully saturated rings. The number of carbonyl (C=O) groups is 2. The summed E-state index contributed by atoms with van der Waals surface area (Å²) in [6.07, 6.45) is 1.44. The second kappa shape index (κ2) is 8.77. The largest absolute Gasteiger partial charge is 0.484 e. The molecule has 0 bridgehead atoms. The highest BCUT2D eigenvalue weighted by Gasteiger charge is 2.25. The van der Waals surface area contributed by atoms with E-state index in [1.807, 2.05) is 26.0 Å². The van der Waals surface area contributed by atoms with Crippen molar-refractivity contribution < 1.29 is 14.3 Å². The molecule has 1 saturated heterocycles. The van der Waals surface area contributed by atoms with Crippen molar-refractivity contribution in [1.29, 1.82) is 0 Å². The molecule has 0 radical (unpaired) electrons. The first-order valence-corrected chi connectivity index (χ1v) is 9.21. The summed E-state index contributed by atoms with van der Waals surface area (Å²) in [7, 11) is 0. The SMILES string of the molecule is Cc1cc(OCC(=O)NC2CCN(C(=O)C(C)Cl)CC2)cc(C)c1Cl. The van der Waals surface area contributed by atoms with Crippen molar-refractivity contribution in [3.8, 4) is 5.75 Å². The molecule has 1 N–H and O–H groups in total. The van der Waals surface area contributed by atoms with E-state index in [4.69, 9.17) is 27.9 Å². The number of nitrogens with one attached hydrogen (secondary N) is 1. The Balaban J connectivity index is 1.77. The van der Waals surface area contributed by atoms with Crippen LogP contribution in [0.2, 0.25) is 5.02 Å². The first kappa shape index (κ1) is 19.9. The lowest BCUT2D eigenvalue weighted by atomic mass is 10.0. The number of ether oxygens (including phenoxy) is 1. The topological polar surface area (TPSA) is 58.6 Å². The van der Waals surface area contributed by atoms with E-state index in [9.17, 15) is 9.59 Å². The Morgan fingerprint density at radius 2 is 1.84 bits per heavy atom. The number of amides is 2. The fraction of sp³-hybridized carbons (Fsp3) is 0.556. The minimum absolute atomic E-state index is 0.0433. The van der Waals surface area contributed by atoms with Crippen LogP contribution >= 0.6 is 23.2 Å². The predicted molar refractivity (Wildman–Crippen MR) is 99.5 cm³/mol. The molecule has 1 unspecified atom stereocenters. The summed E-state index contributed by atoms with van der Waals surface area (Å²) >= 11 is 12.0. The lowest BCUT2D eigenvalue weighted by Crippen LogP contribution is -2.48. The molecule has 2 amide bonds. The highest BCUT2D eigenvalue weighted by Crippen LogP contribution is 2.25. The molecule has 1 atom stereocenters. The van der Waals surface area contributed by atoms with Gasteiger partial charge in [0.05, 0.1) is 0 Å². The van der Waals surface area contributed by atoms with Crippen molar-refractivity contribution in [1.82, 2.24) is 10.2 Å². The Kier molecular flexibility index (Phi) is 6.96. The average molecular weight is 387 g/mol.